The molecule has 1 saturated heterocycles. The van der Waals surface area contributed by atoms with Gasteiger partial charge < -0.3 is 14.8 Å². The summed E-state index contributed by atoms with van der Waals surface area (Å²) in [4.78, 5) is 0. The second kappa shape index (κ2) is 10.6. The molecular formula is C19H31N2O2. The summed E-state index contributed by atoms with van der Waals surface area (Å²) in [5, 5.41) is 8.11. The monoisotopic (exact) mass is 319 g/mol. The highest BCUT2D eigenvalue weighted by Gasteiger charge is 2.20. The molecule has 1 aromatic carbocycles. The molecule has 0 aromatic heterocycles. The molecule has 1 N–H and O–H groups in total. The summed E-state index contributed by atoms with van der Waals surface area (Å²) in [6.07, 6.45) is 7.06. The largest absolute Gasteiger partial charge is 0.465 e. The molecule has 0 amide bonds. The van der Waals surface area contributed by atoms with Gasteiger partial charge in [0, 0.05) is 38.7 Å². The molecule has 1 heterocycles. The van der Waals surface area contributed by atoms with E-state index in [1.807, 2.05) is 12.1 Å². The minimum atomic E-state index is -0.172. The number of nitrogens with zero attached hydrogens (tertiary/aromatic N) is 1. The second-order valence-electron chi connectivity index (χ2n) is 6.15. The first-order chi connectivity index (χ1) is 11.3. The molecule has 0 aliphatic carbocycles. The zero-order valence-corrected chi connectivity index (χ0v) is 14.6. The Balaban J connectivity index is 1.89. The summed E-state index contributed by atoms with van der Waals surface area (Å²) in [7, 11) is 1.73. The van der Waals surface area contributed by atoms with Gasteiger partial charge >= 0.3 is 0 Å². The van der Waals surface area contributed by atoms with Gasteiger partial charge in [-0.3, -0.25) is 0 Å². The standard InChI is InChI=1S/C19H31N2O2/c1-3-4-5-6-7-12-19(22-2)23-18-11-9-8-10-16(18)17-15-20-13-14-21-17/h8-11,17,19-20H,3-7,12-15H2,1-2H3. The van der Waals surface area contributed by atoms with Gasteiger partial charge in [-0.15, -0.1) is 0 Å². The Morgan fingerprint density at radius 2 is 2.04 bits per heavy atom. The highest BCUT2D eigenvalue weighted by molar-refractivity contribution is 5.36. The Hall–Kier alpha value is -1.10. The van der Waals surface area contributed by atoms with Gasteiger partial charge in [0.05, 0.1) is 6.04 Å². The number of benzene rings is 1. The topological polar surface area (TPSA) is 44.6 Å². The lowest BCUT2D eigenvalue weighted by molar-refractivity contribution is -0.0602. The Morgan fingerprint density at radius 1 is 1.22 bits per heavy atom. The first-order valence-corrected chi connectivity index (χ1v) is 9.00. The average molecular weight is 319 g/mol. The number of rotatable bonds is 10. The van der Waals surface area contributed by atoms with Crippen molar-refractivity contribution in [2.75, 3.05) is 26.7 Å². The van der Waals surface area contributed by atoms with Gasteiger partial charge in [-0.25, -0.2) is 5.32 Å². The Kier molecular flexibility index (Phi) is 8.43. The summed E-state index contributed by atoms with van der Waals surface area (Å²) in [5.74, 6) is 0.908. The highest BCUT2D eigenvalue weighted by atomic mass is 16.7. The molecule has 23 heavy (non-hydrogen) atoms. The van der Waals surface area contributed by atoms with Gasteiger partial charge in [-0.1, -0.05) is 50.8 Å². The van der Waals surface area contributed by atoms with Crippen molar-refractivity contribution in [1.29, 1.82) is 0 Å². The van der Waals surface area contributed by atoms with Crippen molar-refractivity contribution in [3.63, 3.8) is 0 Å². The highest BCUT2D eigenvalue weighted by Crippen LogP contribution is 2.28. The summed E-state index contributed by atoms with van der Waals surface area (Å²) < 4.78 is 11.7. The quantitative estimate of drug-likeness (QED) is 0.529. The zero-order chi connectivity index (χ0) is 16.3. The molecule has 2 rings (SSSR count). The molecule has 129 valence electrons. The molecule has 1 fully saturated rings. The maximum atomic E-state index is 6.14. The van der Waals surface area contributed by atoms with Gasteiger partial charge in [-0.2, -0.15) is 0 Å². The fraction of sp³-hybridized carbons (Fsp3) is 0.684. The molecule has 1 aliphatic rings. The van der Waals surface area contributed by atoms with Crippen LogP contribution in [0.1, 0.15) is 57.1 Å². The van der Waals surface area contributed by atoms with Gasteiger partial charge in [0.25, 0.3) is 0 Å². The number of hydrogen-bond acceptors (Lipinski definition) is 3. The SMILES string of the molecule is CCCCCCCC(OC)Oc1ccccc1C1CNCC[N]1. The normalized spacial score (nSPS) is 19.5. The number of hydrogen-bond donors (Lipinski definition) is 1. The molecule has 2 atom stereocenters. The lowest BCUT2D eigenvalue weighted by atomic mass is 10.0. The molecule has 4 heteroatoms. The molecule has 1 aliphatic heterocycles. The van der Waals surface area contributed by atoms with E-state index in [4.69, 9.17) is 14.8 Å². The zero-order valence-electron chi connectivity index (χ0n) is 14.6. The Labute approximate surface area is 140 Å². The summed E-state index contributed by atoms with van der Waals surface area (Å²) in [6.45, 7) is 4.96. The fourth-order valence-electron chi connectivity index (χ4n) is 2.96. The van der Waals surface area contributed by atoms with Crippen LogP contribution < -0.4 is 15.4 Å². The first-order valence-electron chi connectivity index (χ1n) is 9.00. The third-order valence-corrected chi connectivity index (χ3v) is 4.32. The molecule has 1 aromatic rings. The van der Waals surface area contributed by atoms with Crippen molar-refractivity contribution in [3.05, 3.63) is 29.8 Å². The van der Waals surface area contributed by atoms with E-state index in [9.17, 15) is 0 Å². The van der Waals surface area contributed by atoms with Crippen LogP contribution in [0.3, 0.4) is 0 Å². The maximum Gasteiger partial charge on any atom is 0.199 e. The minimum absolute atomic E-state index is 0.172. The predicted molar refractivity (Wildman–Crippen MR) is 93.9 cm³/mol. The number of nitrogens with one attached hydrogen (secondary N) is 1. The van der Waals surface area contributed by atoms with Crippen LogP contribution in [-0.4, -0.2) is 33.0 Å². The van der Waals surface area contributed by atoms with Crippen molar-refractivity contribution in [2.45, 2.75) is 57.8 Å². The van der Waals surface area contributed by atoms with E-state index in [1.54, 1.807) is 7.11 Å². The van der Waals surface area contributed by atoms with E-state index in [-0.39, 0.29) is 12.3 Å². The van der Waals surface area contributed by atoms with E-state index in [0.717, 1.165) is 43.8 Å². The van der Waals surface area contributed by atoms with E-state index < -0.39 is 0 Å². The number of para-hydroxylation sites is 1. The summed E-state index contributed by atoms with van der Waals surface area (Å²) >= 11 is 0. The van der Waals surface area contributed by atoms with Crippen LogP contribution in [0.4, 0.5) is 0 Å². The van der Waals surface area contributed by atoms with Gasteiger partial charge in [0.1, 0.15) is 5.75 Å². The minimum Gasteiger partial charge on any atom is -0.465 e. The number of methoxy groups -OCH3 is 1. The van der Waals surface area contributed by atoms with Crippen LogP contribution in [0.5, 0.6) is 5.75 Å². The summed E-state index contributed by atoms with van der Waals surface area (Å²) in [6, 6.07) is 8.40. The lowest BCUT2D eigenvalue weighted by Crippen LogP contribution is -2.38. The van der Waals surface area contributed by atoms with Crippen LogP contribution in [0.15, 0.2) is 24.3 Å². The van der Waals surface area contributed by atoms with Gasteiger partial charge in [-0.05, 0) is 12.5 Å². The number of ether oxygens (including phenoxy) is 2. The third kappa shape index (κ3) is 6.13. The fourth-order valence-corrected chi connectivity index (χ4v) is 2.96. The van der Waals surface area contributed by atoms with Crippen molar-refractivity contribution < 1.29 is 9.47 Å². The number of piperazine rings is 1. The Bertz CT molecular complexity index is 433. The lowest BCUT2D eigenvalue weighted by Gasteiger charge is -2.26. The molecule has 0 saturated carbocycles. The molecule has 2 unspecified atom stereocenters. The molecule has 0 spiro atoms. The van der Waals surface area contributed by atoms with Crippen LogP contribution >= 0.6 is 0 Å². The molecular weight excluding hydrogens is 288 g/mol. The molecule has 4 nitrogen and oxygen atoms in total. The predicted octanol–water partition coefficient (Wildman–Crippen LogP) is 3.65. The average Bonchev–Trinajstić information content (AvgIpc) is 2.61. The van der Waals surface area contributed by atoms with E-state index >= 15 is 0 Å². The van der Waals surface area contributed by atoms with E-state index in [0.29, 0.717) is 0 Å². The molecule has 0 bridgehead atoms. The third-order valence-electron chi connectivity index (χ3n) is 4.32. The molecule has 1 radical (unpaired) electrons. The van der Waals surface area contributed by atoms with E-state index in [1.165, 1.54) is 25.7 Å². The van der Waals surface area contributed by atoms with E-state index in [2.05, 4.69) is 24.4 Å². The number of unbranched alkanes of at least 4 members (excludes halogenated alkanes) is 4. The van der Waals surface area contributed by atoms with Crippen LogP contribution in [0.25, 0.3) is 0 Å². The summed E-state index contributed by atoms with van der Waals surface area (Å²) in [5.41, 5.74) is 1.16. The van der Waals surface area contributed by atoms with Gasteiger partial charge in [0.2, 0.25) is 0 Å². The van der Waals surface area contributed by atoms with Crippen molar-refractivity contribution in [1.82, 2.24) is 10.6 Å². The van der Waals surface area contributed by atoms with Gasteiger partial charge in [0.15, 0.2) is 6.29 Å². The second-order valence-corrected chi connectivity index (χ2v) is 6.15. The maximum absolute atomic E-state index is 6.14. The van der Waals surface area contributed by atoms with Crippen molar-refractivity contribution in [3.8, 4) is 5.75 Å². The van der Waals surface area contributed by atoms with Crippen LogP contribution in [-0.2, 0) is 4.74 Å². The van der Waals surface area contributed by atoms with Crippen molar-refractivity contribution >= 4 is 0 Å². The van der Waals surface area contributed by atoms with Crippen LogP contribution in [0.2, 0.25) is 0 Å². The smallest absolute Gasteiger partial charge is 0.199 e. The Morgan fingerprint density at radius 3 is 2.78 bits per heavy atom. The van der Waals surface area contributed by atoms with Crippen molar-refractivity contribution in [2.24, 2.45) is 0 Å². The van der Waals surface area contributed by atoms with Crippen LogP contribution in [0, 0.1) is 0 Å². The first kappa shape index (κ1) is 18.2.